The number of fused-ring (bicyclic) bond motifs is 1. The number of hydrogen-bond acceptors (Lipinski definition) is 2. The number of aromatic hydroxyl groups is 2. The van der Waals surface area contributed by atoms with Gasteiger partial charge in [0.25, 0.3) is 0 Å². The minimum absolute atomic E-state index is 0.156. The van der Waals surface area contributed by atoms with Gasteiger partial charge in [-0.25, -0.2) is 0 Å². The molecule has 0 saturated heterocycles. The van der Waals surface area contributed by atoms with E-state index in [0.717, 1.165) is 10.8 Å². The summed E-state index contributed by atoms with van der Waals surface area (Å²) in [4.78, 5) is 0. The summed E-state index contributed by atoms with van der Waals surface area (Å²) in [7, 11) is 0. The molecule has 0 atom stereocenters. The van der Waals surface area contributed by atoms with Crippen LogP contribution in [0.2, 0.25) is 0 Å². The maximum absolute atomic E-state index is 9.48. The predicted octanol–water partition coefficient (Wildman–Crippen LogP) is 3.78. The number of rotatable bonds is 0. The summed E-state index contributed by atoms with van der Waals surface area (Å²) in [6.45, 7) is 0. The third kappa shape index (κ3) is 1.48. The van der Waals surface area contributed by atoms with Crippen LogP contribution in [-0.2, 0) is 0 Å². The third-order valence-corrected chi connectivity index (χ3v) is 3.47. The van der Waals surface area contributed by atoms with Crippen LogP contribution in [0.25, 0.3) is 10.8 Å². The van der Waals surface area contributed by atoms with Crippen molar-refractivity contribution in [3.05, 3.63) is 33.2 Å². The first-order valence-electron chi connectivity index (χ1n) is 3.89. The van der Waals surface area contributed by atoms with Gasteiger partial charge in [0.1, 0.15) is 11.5 Å². The lowest BCUT2D eigenvalue weighted by Gasteiger charge is -2.05. The minimum atomic E-state index is 0.156. The lowest BCUT2D eigenvalue weighted by molar-refractivity contribution is 0.471. The Hall–Kier alpha value is -0.740. The first-order valence-corrected chi connectivity index (χ1v) is 5.48. The standard InChI is InChI=1S/C10H6Br2O2/c11-7-3-5-1-2-8(13)10(12)6(5)4-9(7)14/h1-4,13-14H. The van der Waals surface area contributed by atoms with Crippen LogP contribution < -0.4 is 0 Å². The molecule has 72 valence electrons. The van der Waals surface area contributed by atoms with Crippen molar-refractivity contribution in [1.82, 2.24) is 0 Å². The highest BCUT2D eigenvalue weighted by Gasteiger charge is 2.06. The molecule has 2 aromatic carbocycles. The fourth-order valence-corrected chi connectivity index (χ4v) is 2.12. The molecule has 0 aromatic heterocycles. The summed E-state index contributed by atoms with van der Waals surface area (Å²) in [5.74, 6) is 0.322. The molecule has 0 unspecified atom stereocenters. The summed E-state index contributed by atoms with van der Waals surface area (Å²) < 4.78 is 1.24. The van der Waals surface area contributed by atoms with Gasteiger partial charge in [-0.2, -0.15) is 0 Å². The van der Waals surface area contributed by atoms with E-state index >= 15 is 0 Å². The zero-order chi connectivity index (χ0) is 10.3. The molecule has 2 rings (SSSR count). The highest BCUT2D eigenvalue weighted by molar-refractivity contribution is 9.11. The van der Waals surface area contributed by atoms with Crippen LogP contribution in [0.15, 0.2) is 33.2 Å². The fraction of sp³-hybridized carbons (Fsp3) is 0. The van der Waals surface area contributed by atoms with Crippen molar-refractivity contribution in [2.24, 2.45) is 0 Å². The van der Waals surface area contributed by atoms with E-state index in [1.165, 1.54) is 0 Å². The largest absolute Gasteiger partial charge is 0.507 e. The maximum Gasteiger partial charge on any atom is 0.130 e. The average Bonchev–Trinajstić information content (AvgIpc) is 2.15. The predicted molar refractivity (Wildman–Crippen MR) is 62.7 cm³/mol. The molecule has 0 spiro atoms. The van der Waals surface area contributed by atoms with Gasteiger partial charge in [-0.05, 0) is 55.4 Å². The van der Waals surface area contributed by atoms with Crippen LogP contribution in [0.5, 0.6) is 11.5 Å². The second kappa shape index (κ2) is 3.44. The summed E-state index contributed by atoms with van der Waals surface area (Å²) >= 11 is 6.49. The SMILES string of the molecule is Oc1cc2c(Br)c(O)ccc2cc1Br. The molecule has 0 amide bonds. The molecule has 0 radical (unpaired) electrons. The summed E-state index contributed by atoms with van der Waals surface area (Å²) in [5, 5.41) is 20.6. The van der Waals surface area contributed by atoms with E-state index in [1.54, 1.807) is 24.3 Å². The molecule has 0 bridgehead atoms. The number of hydrogen-bond donors (Lipinski definition) is 2. The number of phenols is 2. The lowest BCUT2D eigenvalue weighted by atomic mass is 10.1. The van der Waals surface area contributed by atoms with Gasteiger partial charge in [0.05, 0.1) is 8.95 Å². The van der Waals surface area contributed by atoms with Gasteiger partial charge in [0.2, 0.25) is 0 Å². The molecule has 2 N–H and O–H groups in total. The first kappa shape index (κ1) is 9.80. The summed E-state index contributed by atoms with van der Waals surface area (Å²) in [6.07, 6.45) is 0. The van der Waals surface area contributed by atoms with Gasteiger partial charge in [0.15, 0.2) is 0 Å². The van der Waals surface area contributed by atoms with Gasteiger partial charge < -0.3 is 10.2 Å². The highest BCUT2D eigenvalue weighted by Crippen LogP contribution is 2.37. The second-order valence-corrected chi connectivity index (χ2v) is 4.57. The van der Waals surface area contributed by atoms with E-state index < -0.39 is 0 Å². The summed E-state index contributed by atoms with van der Waals surface area (Å²) in [5.41, 5.74) is 0. The van der Waals surface area contributed by atoms with Crippen molar-refractivity contribution in [3.8, 4) is 11.5 Å². The molecule has 2 nitrogen and oxygen atoms in total. The van der Waals surface area contributed by atoms with Crippen LogP contribution in [0, 0.1) is 0 Å². The Morgan fingerprint density at radius 1 is 0.929 bits per heavy atom. The molecule has 2 aromatic rings. The quantitative estimate of drug-likeness (QED) is 0.776. The first-order chi connectivity index (χ1) is 6.59. The minimum Gasteiger partial charge on any atom is -0.507 e. The number of halogens is 2. The number of benzene rings is 2. The Morgan fingerprint density at radius 2 is 1.64 bits per heavy atom. The molecule has 0 fully saturated rings. The smallest absolute Gasteiger partial charge is 0.130 e. The Kier molecular flexibility index (Phi) is 2.41. The van der Waals surface area contributed by atoms with E-state index in [-0.39, 0.29) is 11.5 Å². The van der Waals surface area contributed by atoms with Gasteiger partial charge in [0, 0.05) is 5.39 Å². The van der Waals surface area contributed by atoms with Crippen molar-refractivity contribution >= 4 is 42.6 Å². The average molecular weight is 318 g/mol. The molecule has 4 heteroatoms. The van der Waals surface area contributed by atoms with Crippen LogP contribution in [0.4, 0.5) is 0 Å². The molecule has 14 heavy (non-hydrogen) atoms. The molecule has 0 aliphatic carbocycles. The Morgan fingerprint density at radius 3 is 2.36 bits per heavy atom. The second-order valence-electron chi connectivity index (χ2n) is 2.92. The van der Waals surface area contributed by atoms with Crippen LogP contribution in [-0.4, -0.2) is 10.2 Å². The van der Waals surface area contributed by atoms with E-state index in [4.69, 9.17) is 0 Å². The molecule has 0 aliphatic heterocycles. The Bertz CT molecular complexity index is 509. The van der Waals surface area contributed by atoms with Gasteiger partial charge in [-0.3, -0.25) is 0 Å². The van der Waals surface area contributed by atoms with Gasteiger partial charge in [-0.1, -0.05) is 6.07 Å². The van der Waals surface area contributed by atoms with Crippen molar-refractivity contribution in [1.29, 1.82) is 0 Å². The van der Waals surface area contributed by atoms with Crippen LogP contribution in [0.3, 0.4) is 0 Å². The monoisotopic (exact) mass is 316 g/mol. The Balaban J connectivity index is 2.89. The third-order valence-electron chi connectivity index (χ3n) is 2.00. The number of phenolic OH excluding ortho intramolecular Hbond substituents is 2. The van der Waals surface area contributed by atoms with Crippen molar-refractivity contribution in [3.63, 3.8) is 0 Å². The maximum atomic E-state index is 9.48. The molecule has 0 aliphatic rings. The topological polar surface area (TPSA) is 40.5 Å². The van der Waals surface area contributed by atoms with Crippen molar-refractivity contribution in [2.45, 2.75) is 0 Å². The van der Waals surface area contributed by atoms with E-state index in [0.29, 0.717) is 8.95 Å². The van der Waals surface area contributed by atoms with Crippen LogP contribution in [0.1, 0.15) is 0 Å². The van der Waals surface area contributed by atoms with Crippen molar-refractivity contribution < 1.29 is 10.2 Å². The van der Waals surface area contributed by atoms with E-state index in [2.05, 4.69) is 31.9 Å². The lowest BCUT2D eigenvalue weighted by Crippen LogP contribution is -1.77. The zero-order valence-electron chi connectivity index (χ0n) is 6.96. The molecular formula is C10H6Br2O2. The summed E-state index contributed by atoms with van der Waals surface area (Å²) in [6, 6.07) is 6.80. The highest BCUT2D eigenvalue weighted by atomic mass is 79.9. The van der Waals surface area contributed by atoms with Crippen LogP contribution >= 0.6 is 31.9 Å². The molecule has 0 saturated carbocycles. The molecule has 0 heterocycles. The van der Waals surface area contributed by atoms with E-state index in [9.17, 15) is 10.2 Å². The van der Waals surface area contributed by atoms with Gasteiger partial charge >= 0.3 is 0 Å². The normalized spacial score (nSPS) is 10.7. The molecular weight excluding hydrogens is 312 g/mol. The fourth-order valence-electron chi connectivity index (χ4n) is 1.29. The Labute approximate surface area is 97.4 Å². The van der Waals surface area contributed by atoms with E-state index in [1.807, 2.05) is 0 Å². The van der Waals surface area contributed by atoms with Gasteiger partial charge in [-0.15, -0.1) is 0 Å². The van der Waals surface area contributed by atoms with Crippen molar-refractivity contribution in [2.75, 3.05) is 0 Å². The zero-order valence-corrected chi connectivity index (χ0v) is 10.1.